The fourth-order valence-corrected chi connectivity index (χ4v) is 0.824. The minimum atomic E-state index is -5.92. The molecule has 0 aromatic carbocycles. The van der Waals surface area contributed by atoms with Gasteiger partial charge in [0, 0.05) is 13.2 Å². The van der Waals surface area contributed by atoms with Gasteiger partial charge in [0.2, 0.25) is 0 Å². The highest BCUT2D eigenvalue weighted by Gasteiger charge is 2.63. The minimum Gasteiger partial charge on any atom is -0.318 e. The standard InChI is InChI=1S/C7H6F5N3O/c1-15-3-4(2-13-15)14-5(16)6(8,9)7(10,11)12/h2-3H,1H3,(H,14,16). The van der Waals surface area contributed by atoms with Crippen LogP contribution in [0.5, 0.6) is 0 Å². The van der Waals surface area contributed by atoms with Crippen LogP contribution in [0.4, 0.5) is 27.6 Å². The third-order valence-electron chi connectivity index (χ3n) is 1.60. The van der Waals surface area contributed by atoms with Crippen LogP contribution in [0, 0.1) is 0 Å². The Morgan fingerprint density at radius 3 is 2.31 bits per heavy atom. The van der Waals surface area contributed by atoms with Gasteiger partial charge in [0.15, 0.2) is 0 Å². The van der Waals surface area contributed by atoms with Crippen molar-refractivity contribution < 1.29 is 26.7 Å². The summed E-state index contributed by atoms with van der Waals surface area (Å²) in [7, 11) is 1.41. The minimum absolute atomic E-state index is 0.239. The second kappa shape index (κ2) is 3.72. The number of amides is 1. The molecule has 4 nitrogen and oxygen atoms in total. The lowest BCUT2D eigenvalue weighted by Gasteiger charge is -2.17. The number of nitrogens with one attached hydrogen (secondary N) is 1. The summed E-state index contributed by atoms with van der Waals surface area (Å²) in [6.07, 6.45) is -3.88. The highest BCUT2D eigenvalue weighted by Crippen LogP contribution is 2.36. The normalized spacial score (nSPS) is 12.6. The third-order valence-corrected chi connectivity index (χ3v) is 1.60. The molecule has 0 bridgehead atoms. The van der Waals surface area contributed by atoms with E-state index in [-0.39, 0.29) is 5.69 Å². The topological polar surface area (TPSA) is 46.9 Å². The summed E-state index contributed by atoms with van der Waals surface area (Å²) in [4.78, 5) is 10.7. The van der Waals surface area contributed by atoms with Crippen molar-refractivity contribution in [2.24, 2.45) is 7.05 Å². The quantitative estimate of drug-likeness (QED) is 0.801. The number of aromatic nitrogens is 2. The number of nitrogens with zero attached hydrogens (tertiary/aromatic N) is 2. The summed E-state index contributed by atoms with van der Waals surface area (Å²) in [6, 6.07) is 0. The van der Waals surface area contributed by atoms with Crippen LogP contribution in [0.1, 0.15) is 0 Å². The Labute approximate surface area is 86.0 Å². The molecule has 1 N–H and O–H groups in total. The molecule has 0 spiro atoms. The van der Waals surface area contributed by atoms with Gasteiger partial charge in [-0.25, -0.2) is 0 Å². The van der Waals surface area contributed by atoms with Crippen molar-refractivity contribution in [3.05, 3.63) is 12.4 Å². The number of carbonyl (C=O) groups is 1. The Morgan fingerprint density at radius 2 is 1.94 bits per heavy atom. The summed E-state index contributed by atoms with van der Waals surface area (Å²) in [6.45, 7) is 0. The lowest BCUT2D eigenvalue weighted by atomic mass is 10.3. The Balaban J connectivity index is 2.80. The van der Waals surface area contributed by atoms with E-state index in [1.54, 1.807) is 0 Å². The van der Waals surface area contributed by atoms with E-state index in [4.69, 9.17) is 0 Å². The molecule has 1 amide bonds. The lowest BCUT2D eigenvalue weighted by molar-refractivity contribution is -0.267. The van der Waals surface area contributed by atoms with Gasteiger partial charge in [-0.15, -0.1) is 0 Å². The molecule has 0 unspecified atom stereocenters. The van der Waals surface area contributed by atoms with Crippen molar-refractivity contribution >= 4 is 11.6 Å². The lowest BCUT2D eigenvalue weighted by Crippen LogP contribution is -2.47. The van der Waals surface area contributed by atoms with E-state index in [9.17, 15) is 26.7 Å². The summed E-state index contributed by atoms with van der Waals surface area (Å²) in [5, 5.41) is 4.91. The second-order valence-electron chi connectivity index (χ2n) is 2.93. The molecule has 0 radical (unpaired) electrons. The van der Waals surface area contributed by atoms with Gasteiger partial charge in [-0.3, -0.25) is 9.48 Å². The SMILES string of the molecule is Cn1cc(NC(=O)C(F)(F)C(F)(F)F)cn1. The van der Waals surface area contributed by atoms with E-state index in [1.165, 1.54) is 12.4 Å². The van der Waals surface area contributed by atoms with Crippen LogP contribution in [-0.4, -0.2) is 27.8 Å². The number of carbonyl (C=O) groups excluding carboxylic acids is 1. The first-order chi connectivity index (χ1) is 7.14. The maximum absolute atomic E-state index is 12.5. The van der Waals surface area contributed by atoms with E-state index in [1.807, 2.05) is 0 Å². The number of anilines is 1. The van der Waals surface area contributed by atoms with Crippen molar-refractivity contribution in [2.45, 2.75) is 12.1 Å². The highest BCUT2D eigenvalue weighted by atomic mass is 19.4. The van der Waals surface area contributed by atoms with Crippen LogP contribution in [0.25, 0.3) is 0 Å². The average molecular weight is 243 g/mol. The van der Waals surface area contributed by atoms with Crippen LogP contribution < -0.4 is 5.32 Å². The maximum Gasteiger partial charge on any atom is 0.463 e. The van der Waals surface area contributed by atoms with Crippen LogP contribution in [-0.2, 0) is 11.8 Å². The van der Waals surface area contributed by atoms with Gasteiger partial charge in [0.05, 0.1) is 11.9 Å². The Bertz CT molecular complexity index is 397. The largest absolute Gasteiger partial charge is 0.463 e. The molecule has 0 aliphatic rings. The Morgan fingerprint density at radius 1 is 1.38 bits per heavy atom. The molecule has 0 fully saturated rings. The number of rotatable bonds is 2. The van der Waals surface area contributed by atoms with Crippen molar-refractivity contribution in [1.29, 1.82) is 0 Å². The molecule has 16 heavy (non-hydrogen) atoms. The highest BCUT2D eigenvalue weighted by molar-refractivity contribution is 5.96. The second-order valence-corrected chi connectivity index (χ2v) is 2.93. The molecule has 1 rings (SSSR count). The summed E-state index contributed by atoms with van der Waals surface area (Å²) in [5.41, 5.74) is -0.239. The van der Waals surface area contributed by atoms with Gasteiger partial charge in [-0.2, -0.15) is 27.1 Å². The van der Waals surface area contributed by atoms with Gasteiger partial charge in [-0.05, 0) is 0 Å². The van der Waals surface area contributed by atoms with E-state index in [0.29, 0.717) is 0 Å². The molecule has 1 heterocycles. The predicted octanol–water partition coefficient (Wildman–Crippen LogP) is 1.56. The molecular weight excluding hydrogens is 237 g/mol. The first-order valence-corrected chi connectivity index (χ1v) is 3.89. The van der Waals surface area contributed by atoms with Gasteiger partial charge in [-0.1, -0.05) is 0 Å². The first-order valence-electron chi connectivity index (χ1n) is 3.89. The smallest absolute Gasteiger partial charge is 0.318 e. The maximum atomic E-state index is 12.5. The molecule has 1 aromatic heterocycles. The summed E-state index contributed by atoms with van der Waals surface area (Å²) < 4.78 is 61.3. The number of halogens is 5. The van der Waals surface area contributed by atoms with Crippen molar-refractivity contribution in [3.63, 3.8) is 0 Å². The van der Waals surface area contributed by atoms with E-state index < -0.39 is 18.0 Å². The zero-order valence-electron chi connectivity index (χ0n) is 7.85. The molecule has 90 valence electrons. The average Bonchev–Trinajstić information content (AvgIpc) is 2.49. The van der Waals surface area contributed by atoms with Crippen LogP contribution >= 0.6 is 0 Å². The Hall–Kier alpha value is -1.67. The fourth-order valence-electron chi connectivity index (χ4n) is 0.824. The van der Waals surface area contributed by atoms with E-state index in [2.05, 4.69) is 5.10 Å². The predicted molar refractivity (Wildman–Crippen MR) is 42.8 cm³/mol. The third kappa shape index (κ3) is 2.28. The molecule has 0 aliphatic heterocycles. The molecular formula is C7H6F5N3O. The Kier molecular flexibility index (Phi) is 2.89. The van der Waals surface area contributed by atoms with Crippen LogP contribution in [0.3, 0.4) is 0 Å². The number of hydrogen-bond donors (Lipinski definition) is 1. The van der Waals surface area contributed by atoms with E-state index >= 15 is 0 Å². The zero-order chi connectivity index (χ0) is 12.6. The first kappa shape index (κ1) is 12.4. The molecule has 0 atom stereocenters. The number of aryl methyl sites for hydroxylation is 1. The number of alkyl halides is 5. The van der Waals surface area contributed by atoms with Crippen molar-refractivity contribution in [3.8, 4) is 0 Å². The van der Waals surface area contributed by atoms with Crippen LogP contribution in [0.2, 0.25) is 0 Å². The molecule has 0 saturated heterocycles. The van der Waals surface area contributed by atoms with Crippen LogP contribution in [0.15, 0.2) is 12.4 Å². The monoisotopic (exact) mass is 243 g/mol. The molecule has 0 aliphatic carbocycles. The summed E-state index contributed by atoms with van der Waals surface area (Å²) >= 11 is 0. The van der Waals surface area contributed by atoms with E-state index in [0.717, 1.165) is 17.1 Å². The van der Waals surface area contributed by atoms with Gasteiger partial charge in [0.1, 0.15) is 0 Å². The molecule has 0 saturated carbocycles. The van der Waals surface area contributed by atoms with Gasteiger partial charge >= 0.3 is 18.0 Å². The number of hydrogen-bond acceptors (Lipinski definition) is 2. The molecule has 9 heteroatoms. The van der Waals surface area contributed by atoms with Crippen molar-refractivity contribution in [2.75, 3.05) is 5.32 Å². The van der Waals surface area contributed by atoms with Crippen molar-refractivity contribution in [1.82, 2.24) is 9.78 Å². The fraction of sp³-hybridized carbons (Fsp3) is 0.429. The van der Waals surface area contributed by atoms with Gasteiger partial charge < -0.3 is 5.32 Å². The molecule has 1 aromatic rings. The van der Waals surface area contributed by atoms with Gasteiger partial charge in [0.25, 0.3) is 0 Å². The zero-order valence-corrected chi connectivity index (χ0v) is 7.85. The summed E-state index contributed by atoms with van der Waals surface area (Å²) in [5.74, 6) is -7.86.